The number of nitrogens with zero attached hydrogens (tertiary/aromatic N) is 1. The second-order valence-electron chi connectivity index (χ2n) is 8.01. The average Bonchev–Trinajstić information content (AvgIpc) is 2.46. The minimum atomic E-state index is -3.07. The summed E-state index contributed by atoms with van der Waals surface area (Å²) < 4.78 is 26.6. The Hall–Kier alpha value is -0.0900. The number of hydrogen-bond donors (Lipinski definition) is 0. The van der Waals surface area contributed by atoms with Crippen LogP contribution in [0.5, 0.6) is 0 Å². The molecule has 0 aliphatic carbocycles. The van der Waals surface area contributed by atoms with Crippen molar-refractivity contribution in [2.75, 3.05) is 6.54 Å². The Morgan fingerprint density at radius 2 is 1.63 bits per heavy atom. The Morgan fingerprint density at radius 3 is 2.05 bits per heavy atom. The van der Waals surface area contributed by atoms with Crippen LogP contribution in [0.4, 0.5) is 0 Å². The van der Waals surface area contributed by atoms with E-state index in [9.17, 15) is 8.42 Å². The van der Waals surface area contributed by atoms with E-state index >= 15 is 0 Å². The van der Waals surface area contributed by atoms with Crippen LogP contribution in [-0.2, 0) is 10.0 Å². The van der Waals surface area contributed by atoms with Gasteiger partial charge in [-0.1, -0.05) is 33.6 Å². The fourth-order valence-corrected chi connectivity index (χ4v) is 5.11. The molecule has 3 nitrogen and oxygen atoms in total. The lowest BCUT2D eigenvalue weighted by molar-refractivity contribution is 0.267. The maximum atomic E-state index is 12.5. The van der Waals surface area contributed by atoms with Gasteiger partial charge in [0.15, 0.2) is 0 Å². The molecule has 4 heteroatoms. The smallest absolute Gasteiger partial charge is 0.212 e. The van der Waals surface area contributed by atoms with Crippen LogP contribution in [0.15, 0.2) is 0 Å². The standard InChI is InChI=1S/C15H31NO2S/c1-14(2,3)11-8-7-9-13-10-12-16(15(4,5)6)19(13,17)18/h13H,7-12H2,1-6H3. The van der Waals surface area contributed by atoms with Gasteiger partial charge >= 0.3 is 0 Å². The Labute approximate surface area is 119 Å². The van der Waals surface area contributed by atoms with Crippen LogP contribution in [0.2, 0.25) is 0 Å². The van der Waals surface area contributed by atoms with E-state index < -0.39 is 10.0 Å². The fourth-order valence-electron chi connectivity index (χ4n) is 2.76. The molecule has 1 heterocycles. The van der Waals surface area contributed by atoms with Gasteiger partial charge in [-0.05, 0) is 45.4 Å². The molecule has 1 unspecified atom stereocenters. The third-order valence-electron chi connectivity index (χ3n) is 3.83. The quantitative estimate of drug-likeness (QED) is 0.738. The maximum absolute atomic E-state index is 12.5. The predicted octanol–water partition coefficient (Wildman–Crippen LogP) is 3.80. The second kappa shape index (κ2) is 5.72. The summed E-state index contributed by atoms with van der Waals surface area (Å²) in [6.07, 6.45) is 4.95. The van der Waals surface area contributed by atoms with Gasteiger partial charge in [0, 0.05) is 12.1 Å². The summed E-state index contributed by atoms with van der Waals surface area (Å²) in [5.41, 5.74) is 0.0744. The van der Waals surface area contributed by atoms with E-state index in [1.54, 1.807) is 4.31 Å². The molecule has 0 bridgehead atoms. The van der Waals surface area contributed by atoms with Crippen LogP contribution in [0.3, 0.4) is 0 Å². The average molecular weight is 289 g/mol. The lowest BCUT2D eigenvalue weighted by atomic mass is 9.89. The summed E-state index contributed by atoms with van der Waals surface area (Å²) in [6.45, 7) is 13.3. The monoisotopic (exact) mass is 289 g/mol. The van der Waals surface area contributed by atoms with Crippen molar-refractivity contribution in [3.05, 3.63) is 0 Å². The van der Waals surface area contributed by atoms with Crippen molar-refractivity contribution in [2.24, 2.45) is 5.41 Å². The first-order valence-electron chi connectivity index (χ1n) is 7.46. The number of hydrogen-bond acceptors (Lipinski definition) is 2. The molecule has 1 aliphatic rings. The molecule has 114 valence electrons. The van der Waals surface area contributed by atoms with Crippen molar-refractivity contribution < 1.29 is 8.42 Å². The zero-order chi connectivity index (χ0) is 14.9. The number of sulfonamides is 1. The van der Waals surface area contributed by atoms with Gasteiger partial charge in [-0.2, -0.15) is 4.31 Å². The van der Waals surface area contributed by atoms with Gasteiger partial charge in [0.1, 0.15) is 0 Å². The molecular weight excluding hydrogens is 258 g/mol. The molecule has 0 aromatic rings. The van der Waals surface area contributed by atoms with Crippen molar-refractivity contribution in [2.45, 2.75) is 84.4 Å². The van der Waals surface area contributed by atoms with Crippen LogP contribution in [0, 0.1) is 5.41 Å². The van der Waals surface area contributed by atoms with Crippen LogP contribution >= 0.6 is 0 Å². The highest BCUT2D eigenvalue weighted by Crippen LogP contribution is 2.32. The summed E-state index contributed by atoms with van der Waals surface area (Å²) in [4.78, 5) is 0. The summed E-state index contributed by atoms with van der Waals surface area (Å²) in [6, 6.07) is 0. The molecule has 0 spiro atoms. The third kappa shape index (κ3) is 4.75. The van der Waals surface area contributed by atoms with Crippen LogP contribution in [0.25, 0.3) is 0 Å². The fraction of sp³-hybridized carbons (Fsp3) is 1.00. The van der Waals surface area contributed by atoms with E-state index in [1.165, 1.54) is 6.42 Å². The molecule has 0 aromatic carbocycles. The molecule has 1 atom stereocenters. The van der Waals surface area contributed by atoms with Gasteiger partial charge in [0.25, 0.3) is 0 Å². The zero-order valence-corrected chi connectivity index (χ0v) is 14.3. The van der Waals surface area contributed by atoms with Crippen molar-refractivity contribution >= 4 is 10.0 Å². The van der Waals surface area contributed by atoms with Crippen molar-refractivity contribution in [3.8, 4) is 0 Å². The lowest BCUT2D eigenvalue weighted by Crippen LogP contribution is -2.43. The Kier molecular flexibility index (Phi) is 5.11. The second-order valence-corrected chi connectivity index (χ2v) is 10.1. The molecule has 0 amide bonds. The van der Waals surface area contributed by atoms with Crippen LogP contribution in [0.1, 0.15) is 73.6 Å². The van der Waals surface area contributed by atoms with E-state index in [0.717, 1.165) is 25.7 Å². The van der Waals surface area contributed by atoms with Gasteiger partial charge in [0.05, 0.1) is 5.25 Å². The molecular formula is C15H31NO2S. The third-order valence-corrected chi connectivity index (χ3v) is 6.49. The lowest BCUT2D eigenvalue weighted by Gasteiger charge is -2.30. The maximum Gasteiger partial charge on any atom is 0.217 e. The van der Waals surface area contributed by atoms with E-state index in [4.69, 9.17) is 0 Å². The first-order chi connectivity index (χ1) is 8.44. The minimum absolute atomic E-state index is 0.147. The van der Waals surface area contributed by atoms with Crippen molar-refractivity contribution in [1.29, 1.82) is 0 Å². The van der Waals surface area contributed by atoms with E-state index in [2.05, 4.69) is 20.8 Å². The van der Waals surface area contributed by atoms with Crippen LogP contribution in [-0.4, -0.2) is 30.1 Å². The number of unbranched alkanes of at least 4 members (excludes halogenated alkanes) is 1. The molecule has 19 heavy (non-hydrogen) atoms. The van der Waals surface area contributed by atoms with Gasteiger partial charge < -0.3 is 0 Å². The Morgan fingerprint density at radius 1 is 1.05 bits per heavy atom. The SMILES string of the molecule is CC(C)(C)CCCCC1CCN(C(C)(C)C)S1(=O)=O. The van der Waals surface area contributed by atoms with Crippen LogP contribution < -0.4 is 0 Å². The minimum Gasteiger partial charge on any atom is -0.212 e. The highest BCUT2D eigenvalue weighted by Gasteiger charge is 2.43. The predicted molar refractivity (Wildman–Crippen MR) is 81.7 cm³/mol. The van der Waals surface area contributed by atoms with E-state index in [-0.39, 0.29) is 10.8 Å². The highest BCUT2D eigenvalue weighted by atomic mass is 32.2. The summed E-state index contributed by atoms with van der Waals surface area (Å²) >= 11 is 0. The molecule has 1 saturated heterocycles. The molecule has 0 N–H and O–H groups in total. The van der Waals surface area contributed by atoms with E-state index in [0.29, 0.717) is 12.0 Å². The molecule has 1 fully saturated rings. The molecule has 0 radical (unpaired) electrons. The Balaban J connectivity index is 2.50. The topological polar surface area (TPSA) is 37.4 Å². The first kappa shape index (κ1) is 17.0. The van der Waals surface area contributed by atoms with Gasteiger partial charge in [0.2, 0.25) is 10.0 Å². The summed E-state index contributed by atoms with van der Waals surface area (Å²) in [5.74, 6) is 0. The normalized spacial score (nSPS) is 24.8. The van der Waals surface area contributed by atoms with Crippen molar-refractivity contribution in [1.82, 2.24) is 4.31 Å². The number of rotatable bonds is 4. The van der Waals surface area contributed by atoms with Gasteiger partial charge in [-0.25, -0.2) is 8.42 Å². The largest absolute Gasteiger partial charge is 0.217 e. The van der Waals surface area contributed by atoms with Gasteiger partial charge in [-0.3, -0.25) is 0 Å². The molecule has 1 rings (SSSR count). The molecule has 0 saturated carbocycles. The Bertz CT molecular complexity index is 387. The zero-order valence-electron chi connectivity index (χ0n) is 13.5. The highest BCUT2D eigenvalue weighted by molar-refractivity contribution is 7.90. The summed E-state index contributed by atoms with van der Waals surface area (Å²) in [5, 5.41) is -0.147. The van der Waals surface area contributed by atoms with Crippen molar-refractivity contribution in [3.63, 3.8) is 0 Å². The van der Waals surface area contributed by atoms with E-state index in [1.807, 2.05) is 20.8 Å². The molecule has 0 aromatic heterocycles. The first-order valence-corrected chi connectivity index (χ1v) is 8.96. The molecule has 1 aliphatic heterocycles. The summed E-state index contributed by atoms with van der Waals surface area (Å²) in [7, 11) is -3.07. The van der Waals surface area contributed by atoms with Gasteiger partial charge in [-0.15, -0.1) is 0 Å².